The molecule has 3 atom stereocenters. The van der Waals surface area contributed by atoms with E-state index in [0.29, 0.717) is 24.9 Å². The van der Waals surface area contributed by atoms with Crippen LogP contribution >= 0.6 is 0 Å². The van der Waals surface area contributed by atoms with E-state index in [2.05, 4.69) is 22.3 Å². The fourth-order valence-electron chi connectivity index (χ4n) is 5.12. The zero-order valence-electron chi connectivity index (χ0n) is 18.5. The van der Waals surface area contributed by atoms with Crippen LogP contribution < -0.4 is 5.43 Å². The summed E-state index contributed by atoms with van der Waals surface area (Å²) < 4.78 is 69.1. The van der Waals surface area contributed by atoms with E-state index in [1.807, 2.05) is 5.01 Å². The normalized spacial score (nSPS) is 24.3. The van der Waals surface area contributed by atoms with Gasteiger partial charge < -0.3 is 10.3 Å². The Bertz CT molecular complexity index is 1100. The molecule has 3 unspecified atom stereocenters. The van der Waals surface area contributed by atoms with Crippen molar-refractivity contribution in [1.29, 1.82) is 10.8 Å². The van der Waals surface area contributed by atoms with Gasteiger partial charge in [-0.15, -0.1) is 0 Å². The molecule has 34 heavy (non-hydrogen) atoms. The molecule has 1 saturated heterocycles. The second-order valence-corrected chi connectivity index (χ2v) is 9.05. The third-order valence-corrected chi connectivity index (χ3v) is 6.46. The molecule has 0 spiro atoms. The zero-order chi connectivity index (χ0) is 24.8. The Morgan fingerprint density at radius 3 is 2.53 bits per heavy atom. The predicted molar refractivity (Wildman–Crippen MR) is 116 cm³/mol. The first kappa shape index (κ1) is 24.0. The van der Waals surface area contributed by atoms with Gasteiger partial charge in [-0.3, -0.25) is 10.8 Å². The highest BCUT2D eigenvalue weighted by Gasteiger charge is 2.57. The summed E-state index contributed by atoms with van der Waals surface area (Å²) in [5.41, 5.74) is 0.525. The van der Waals surface area contributed by atoms with Gasteiger partial charge in [-0.2, -0.15) is 13.2 Å². The molecular formula is C22H24F5N7. The number of alkyl halides is 3. The molecule has 1 saturated carbocycles. The lowest BCUT2D eigenvalue weighted by molar-refractivity contribution is -0.137. The van der Waals surface area contributed by atoms with Gasteiger partial charge in [0.05, 0.1) is 41.4 Å². The van der Waals surface area contributed by atoms with Crippen LogP contribution in [0.1, 0.15) is 38.7 Å². The maximum atomic E-state index is 14.9. The van der Waals surface area contributed by atoms with E-state index in [1.165, 1.54) is 4.90 Å². The number of rotatable bonds is 6. The molecule has 2 aromatic rings. The summed E-state index contributed by atoms with van der Waals surface area (Å²) in [6, 6.07) is 1.41. The Morgan fingerprint density at radius 2 is 1.94 bits per heavy atom. The van der Waals surface area contributed by atoms with Gasteiger partial charge in [-0.25, -0.2) is 23.8 Å². The maximum Gasteiger partial charge on any atom is 0.417 e. The summed E-state index contributed by atoms with van der Waals surface area (Å²) in [5.74, 6) is -1.74. The summed E-state index contributed by atoms with van der Waals surface area (Å²) in [5, 5.41) is 17.3. The molecule has 2 heterocycles. The fraction of sp³-hybridized carbons (Fsp3) is 0.455. The van der Waals surface area contributed by atoms with Crippen LogP contribution in [0.25, 0.3) is 11.4 Å². The Hall–Kier alpha value is -3.15. The minimum atomic E-state index is -4.87. The standard InChI is InChI=1S/C22H24F5N7/c1-12-3-15-7-21(6-12,10-33(11-28)13(2)29)34(15)32-19-4-16(20-30-8-14(23)9-31-20)17(5-18(19)24)22(25,26)27/h4-5,8-9,11-12,15,28-29,32H,3,6-7,10H2,1-2H3. The van der Waals surface area contributed by atoms with E-state index in [0.717, 1.165) is 37.6 Å². The number of piperidine rings is 1. The number of nitrogens with zero attached hydrogens (tertiary/aromatic N) is 4. The van der Waals surface area contributed by atoms with Crippen LogP contribution in [0.2, 0.25) is 0 Å². The zero-order valence-corrected chi connectivity index (χ0v) is 18.5. The van der Waals surface area contributed by atoms with Crippen molar-refractivity contribution >= 4 is 17.9 Å². The minimum Gasteiger partial charge on any atom is -0.320 e. The van der Waals surface area contributed by atoms with Gasteiger partial charge in [-0.05, 0) is 44.2 Å². The van der Waals surface area contributed by atoms with Crippen molar-refractivity contribution in [3.05, 3.63) is 41.7 Å². The first-order chi connectivity index (χ1) is 15.9. The molecule has 2 bridgehead atoms. The second kappa shape index (κ2) is 8.57. The molecule has 12 heteroatoms. The number of nitrogens with one attached hydrogen (secondary N) is 3. The number of halogens is 5. The number of fused-ring (bicyclic) bond motifs is 2. The quantitative estimate of drug-likeness (QED) is 0.310. The summed E-state index contributed by atoms with van der Waals surface area (Å²) >= 11 is 0. The smallest absolute Gasteiger partial charge is 0.320 e. The Morgan fingerprint density at radius 1 is 1.26 bits per heavy atom. The van der Waals surface area contributed by atoms with Crippen molar-refractivity contribution in [2.75, 3.05) is 12.0 Å². The molecule has 0 radical (unpaired) electrons. The van der Waals surface area contributed by atoms with Gasteiger partial charge in [0.1, 0.15) is 5.82 Å². The second-order valence-electron chi connectivity index (χ2n) is 9.05. The first-order valence-electron chi connectivity index (χ1n) is 10.7. The van der Waals surface area contributed by atoms with Gasteiger partial charge in [0.25, 0.3) is 0 Å². The lowest BCUT2D eigenvalue weighted by Gasteiger charge is -2.64. The molecule has 1 aromatic heterocycles. The third-order valence-electron chi connectivity index (χ3n) is 6.46. The molecule has 0 amide bonds. The first-order valence-corrected chi connectivity index (χ1v) is 10.7. The van der Waals surface area contributed by atoms with Gasteiger partial charge in [0, 0.05) is 18.2 Å². The molecule has 1 aliphatic carbocycles. The highest BCUT2D eigenvalue weighted by Crippen LogP contribution is 2.50. The van der Waals surface area contributed by atoms with Crippen LogP contribution in [0.5, 0.6) is 0 Å². The number of hydrogen-bond donors (Lipinski definition) is 3. The maximum absolute atomic E-state index is 14.9. The van der Waals surface area contributed by atoms with Crippen molar-refractivity contribution in [1.82, 2.24) is 19.9 Å². The van der Waals surface area contributed by atoms with Crippen LogP contribution in [0.4, 0.5) is 27.6 Å². The minimum absolute atomic E-state index is 0.0228. The lowest BCUT2D eigenvalue weighted by atomic mass is 9.65. The predicted octanol–water partition coefficient (Wildman–Crippen LogP) is 4.92. The number of anilines is 1. The topological polar surface area (TPSA) is 92.0 Å². The van der Waals surface area contributed by atoms with Crippen LogP contribution in [0, 0.1) is 28.4 Å². The average molecular weight is 481 g/mol. The van der Waals surface area contributed by atoms with Crippen LogP contribution in [0.15, 0.2) is 24.5 Å². The largest absolute Gasteiger partial charge is 0.417 e. The van der Waals surface area contributed by atoms with Crippen LogP contribution in [-0.4, -0.2) is 50.2 Å². The summed E-state index contributed by atoms with van der Waals surface area (Å²) in [6.45, 7) is 3.97. The van der Waals surface area contributed by atoms with E-state index in [9.17, 15) is 22.0 Å². The molecular weight excluding hydrogens is 457 g/mol. The van der Waals surface area contributed by atoms with Crippen molar-refractivity contribution < 1.29 is 22.0 Å². The summed E-state index contributed by atoms with van der Waals surface area (Å²) in [6.07, 6.45) is -0.0318. The van der Waals surface area contributed by atoms with Crippen molar-refractivity contribution in [2.45, 2.75) is 50.9 Å². The third kappa shape index (κ3) is 4.33. The summed E-state index contributed by atoms with van der Waals surface area (Å²) in [4.78, 5) is 8.78. The van der Waals surface area contributed by atoms with E-state index < -0.39 is 34.5 Å². The Balaban J connectivity index is 1.72. The molecule has 1 aromatic carbocycles. The van der Waals surface area contributed by atoms with E-state index in [-0.39, 0.29) is 23.4 Å². The summed E-state index contributed by atoms with van der Waals surface area (Å²) in [7, 11) is 0. The highest BCUT2D eigenvalue weighted by atomic mass is 19.4. The molecule has 7 nitrogen and oxygen atoms in total. The molecule has 3 N–H and O–H groups in total. The number of hydrazine groups is 1. The fourth-order valence-corrected chi connectivity index (χ4v) is 5.12. The van der Waals surface area contributed by atoms with Gasteiger partial charge in [0.15, 0.2) is 11.6 Å². The average Bonchev–Trinajstić information content (AvgIpc) is 2.75. The molecule has 182 valence electrons. The number of amidine groups is 1. The SMILES string of the molecule is CC(=N)N(C=N)CC12CC(C)CC(C1)N2Nc1cc(-c2ncc(F)cn2)c(C(F)(F)F)cc1F. The molecule has 4 rings (SSSR count). The van der Waals surface area contributed by atoms with E-state index in [4.69, 9.17) is 10.8 Å². The highest BCUT2D eigenvalue weighted by molar-refractivity contribution is 5.87. The van der Waals surface area contributed by atoms with Crippen molar-refractivity contribution in [3.63, 3.8) is 0 Å². The van der Waals surface area contributed by atoms with E-state index >= 15 is 0 Å². The number of benzene rings is 1. The van der Waals surface area contributed by atoms with E-state index in [1.54, 1.807) is 6.92 Å². The Labute approximate surface area is 193 Å². The van der Waals surface area contributed by atoms with Gasteiger partial charge in [0.2, 0.25) is 0 Å². The molecule has 2 aliphatic rings. The number of aromatic nitrogens is 2. The molecule has 2 fully saturated rings. The lowest BCUT2D eigenvalue weighted by Crippen LogP contribution is -2.75. The number of hydrogen-bond acceptors (Lipinski definition) is 6. The van der Waals surface area contributed by atoms with Crippen molar-refractivity contribution in [3.8, 4) is 11.4 Å². The van der Waals surface area contributed by atoms with Gasteiger partial charge >= 0.3 is 6.18 Å². The van der Waals surface area contributed by atoms with Crippen molar-refractivity contribution in [2.24, 2.45) is 5.92 Å². The van der Waals surface area contributed by atoms with Gasteiger partial charge in [-0.1, -0.05) is 6.92 Å². The van der Waals surface area contributed by atoms with Crippen LogP contribution in [0.3, 0.4) is 0 Å². The Kier molecular flexibility index (Phi) is 6.05. The monoisotopic (exact) mass is 481 g/mol. The van der Waals surface area contributed by atoms with Crippen LogP contribution in [-0.2, 0) is 6.18 Å². The molecule has 1 aliphatic heterocycles.